The van der Waals surface area contributed by atoms with Crippen molar-refractivity contribution in [1.82, 2.24) is 5.32 Å². The molecule has 0 radical (unpaired) electrons. The van der Waals surface area contributed by atoms with Gasteiger partial charge in [0.2, 0.25) is 0 Å². The Morgan fingerprint density at radius 3 is 2.17 bits per heavy atom. The van der Waals surface area contributed by atoms with E-state index in [1.165, 1.54) is 24.9 Å². The average molecular weight is 245 g/mol. The molecule has 0 aliphatic heterocycles. The van der Waals surface area contributed by atoms with Gasteiger partial charge in [-0.1, -0.05) is 52.0 Å². The van der Waals surface area contributed by atoms with E-state index < -0.39 is 0 Å². The number of hydrogen-bond acceptors (Lipinski definition) is 1. The zero-order chi connectivity index (χ0) is 13.1. The lowest BCUT2D eigenvalue weighted by Gasteiger charge is -2.38. The molecule has 1 saturated carbocycles. The molecule has 1 heteroatoms. The molecule has 2 unspecified atom stereocenters. The van der Waals surface area contributed by atoms with Crippen molar-refractivity contribution in [3.8, 4) is 0 Å². The molecule has 0 bridgehead atoms. The van der Waals surface area contributed by atoms with Gasteiger partial charge >= 0.3 is 0 Å². The summed E-state index contributed by atoms with van der Waals surface area (Å²) in [7, 11) is 0. The van der Waals surface area contributed by atoms with Crippen LogP contribution >= 0.6 is 0 Å². The van der Waals surface area contributed by atoms with E-state index in [9.17, 15) is 0 Å². The average Bonchev–Trinajstić information content (AvgIpc) is 2.28. The molecular weight excluding hydrogens is 218 g/mol. The summed E-state index contributed by atoms with van der Waals surface area (Å²) in [5.74, 6) is 2.27. The highest BCUT2D eigenvalue weighted by Gasteiger charge is 2.31. The maximum atomic E-state index is 3.58. The second-order valence-corrected chi connectivity index (χ2v) is 6.33. The molecule has 2 rings (SSSR count). The third-order valence-electron chi connectivity index (χ3n) is 4.24. The van der Waals surface area contributed by atoms with E-state index in [2.05, 4.69) is 57.3 Å². The summed E-state index contributed by atoms with van der Waals surface area (Å²) in [4.78, 5) is 0. The van der Waals surface area contributed by atoms with Crippen molar-refractivity contribution in [3.63, 3.8) is 0 Å². The molecular formula is C17H27N. The second-order valence-electron chi connectivity index (χ2n) is 6.33. The summed E-state index contributed by atoms with van der Waals surface area (Å²) >= 11 is 0. The predicted octanol–water partition coefficient (Wildman–Crippen LogP) is 4.30. The van der Waals surface area contributed by atoms with Gasteiger partial charge < -0.3 is 5.32 Å². The first kappa shape index (κ1) is 13.6. The van der Waals surface area contributed by atoms with Crippen molar-refractivity contribution in [2.75, 3.05) is 6.54 Å². The second kappa shape index (κ2) is 5.88. The van der Waals surface area contributed by atoms with E-state index in [0.29, 0.717) is 12.0 Å². The molecule has 1 N–H and O–H groups in total. The van der Waals surface area contributed by atoms with Gasteiger partial charge in [0.1, 0.15) is 0 Å². The zero-order valence-corrected chi connectivity index (χ0v) is 12.2. The van der Waals surface area contributed by atoms with Gasteiger partial charge in [0, 0.05) is 6.04 Å². The van der Waals surface area contributed by atoms with E-state index >= 15 is 0 Å². The highest BCUT2D eigenvalue weighted by molar-refractivity contribution is 5.29. The summed E-state index contributed by atoms with van der Waals surface area (Å²) < 4.78 is 0. The molecule has 0 aromatic heterocycles. The van der Waals surface area contributed by atoms with Gasteiger partial charge in [0.05, 0.1) is 0 Å². The molecule has 1 aromatic rings. The smallest absolute Gasteiger partial charge is 0.00104 e. The number of nitrogens with one attached hydrogen (secondary N) is 1. The standard InChI is InChI=1S/C17H27N/c1-12(2)14-5-7-15(8-6-14)17-10-9-16(17)11-18-13(3)4/h5-8,12-13,16-18H,9-11H2,1-4H3. The van der Waals surface area contributed by atoms with Crippen LogP contribution in [0, 0.1) is 5.92 Å². The zero-order valence-electron chi connectivity index (χ0n) is 12.2. The Kier molecular flexibility index (Phi) is 4.45. The van der Waals surface area contributed by atoms with Gasteiger partial charge in [-0.2, -0.15) is 0 Å². The number of benzene rings is 1. The van der Waals surface area contributed by atoms with Crippen LogP contribution in [0.5, 0.6) is 0 Å². The monoisotopic (exact) mass is 245 g/mol. The normalized spacial score (nSPS) is 23.4. The summed E-state index contributed by atoms with van der Waals surface area (Å²) in [6, 6.07) is 9.93. The SMILES string of the molecule is CC(C)NCC1CCC1c1ccc(C(C)C)cc1. The first-order valence-electron chi connectivity index (χ1n) is 7.41. The van der Waals surface area contributed by atoms with Gasteiger partial charge in [0.15, 0.2) is 0 Å². The van der Waals surface area contributed by atoms with Crippen molar-refractivity contribution >= 4 is 0 Å². The van der Waals surface area contributed by atoms with Crippen LogP contribution in [0.3, 0.4) is 0 Å². The number of rotatable bonds is 5. The van der Waals surface area contributed by atoms with Crippen LogP contribution in [-0.4, -0.2) is 12.6 Å². The van der Waals surface area contributed by atoms with Crippen LogP contribution in [0.1, 0.15) is 63.5 Å². The fraction of sp³-hybridized carbons (Fsp3) is 0.647. The first-order valence-corrected chi connectivity index (χ1v) is 7.41. The van der Waals surface area contributed by atoms with Gasteiger partial charge in [-0.3, -0.25) is 0 Å². The lowest BCUT2D eigenvalue weighted by atomic mass is 9.70. The highest BCUT2D eigenvalue weighted by Crippen LogP contribution is 2.42. The Hall–Kier alpha value is -0.820. The minimum atomic E-state index is 0.606. The largest absolute Gasteiger partial charge is 0.314 e. The summed E-state index contributed by atoms with van der Waals surface area (Å²) in [5, 5.41) is 3.58. The Morgan fingerprint density at radius 2 is 1.72 bits per heavy atom. The summed E-state index contributed by atoms with van der Waals surface area (Å²) in [6.45, 7) is 10.1. The lowest BCUT2D eigenvalue weighted by molar-refractivity contribution is 0.241. The van der Waals surface area contributed by atoms with Gasteiger partial charge in [0.25, 0.3) is 0 Å². The topological polar surface area (TPSA) is 12.0 Å². The molecule has 0 amide bonds. The van der Waals surface area contributed by atoms with Crippen molar-refractivity contribution in [3.05, 3.63) is 35.4 Å². The Morgan fingerprint density at radius 1 is 1.06 bits per heavy atom. The molecule has 1 nitrogen and oxygen atoms in total. The van der Waals surface area contributed by atoms with Crippen LogP contribution in [-0.2, 0) is 0 Å². The van der Waals surface area contributed by atoms with Crippen molar-refractivity contribution < 1.29 is 0 Å². The van der Waals surface area contributed by atoms with Crippen molar-refractivity contribution in [2.24, 2.45) is 5.92 Å². The minimum absolute atomic E-state index is 0.606. The summed E-state index contributed by atoms with van der Waals surface area (Å²) in [5.41, 5.74) is 3.00. The number of hydrogen-bond donors (Lipinski definition) is 1. The fourth-order valence-electron chi connectivity index (χ4n) is 2.77. The molecule has 1 aliphatic carbocycles. The third-order valence-corrected chi connectivity index (χ3v) is 4.24. The minimum Gasteiger partial charge on any atom is -0.314 e. The lowest BCUT2D eigenvalue weighted by Crippen LogP contribution is -2.36. The molecule has 1 aliphatic rings. The third kappa shape index (κ3) is 3.14. The van der Waals surface area contributed by atoms with E-state index in [-0.39, 0.29) is 0 Å². The van der Waals surface area contributed by atoms with Crippen LogP contribution in [0.25, 0.3) is 0 Å². The van der Waals surface area contributed by atoms with E-state index in [1.807, 2.05) is 0 Å². The predicted molar refractivity (Wildman–Crippen MR) is 79.1 cm³/mol. The molecule has 1 aromatic carbocycles. The van der Waals surface area contributed by atoms with Crippen molar-refractivity contribution in [1.29, 1.82) is 0 Å². The van der Waals surface area contributed by atoms with Gasteiger partial charge in [-0.05, 0) is 48.3 Å². The first-order chi connectivity index (χ1) is 8.58. The maximum absolute atomic E-state index is 3.58. The Bertz CT molecular complexity index is 364. The van der Waals surface area contributed by atoms with Crippen LogP contribution in [0.2, 0.25) is 0 Å². The molecule has 2 atom stereocenters. The maximum Gasteiger partial charge on any atom is 0.00104 e. The van der Waals surface area contributed by atoms with Gasteiger partial charge in [-0.25, -0.2) is 0 Å². The van der Waals surface area contributed by atoms with E-state index in [0.717, 1.165) is 11.8 Å². The Balaban J connectivity index is 1.95. The van der Waals surface area contributed by atoms with Crippen LogP contribution in [0.15, 0.2) is 24.3 Å². The van der Waals surface area contributed by atoms with E-state index in [1.54, 1.807) is 5.56 Å². The molecule has 0 spiro atoms. The fourth-order valence-corrected chi connectivity index (χ4v) is 2.77. The molecule has 0 saturated heterocycles. The molecule has 100 valence electrons. The Labute approximate surface area is 112 Å². The summed E-state index contributed by atoms with van der Waals surface area (Å²) in [6.07, 6.45) is 2.75. The quantitative estimate of drug-likeness (QED) is 0.815. The van der Waals surface area contributed by atoms with Crippen LogP contribution in [0.4, 0.5) is 0 Å². The highest BCUT2D eigenvalue weighted by atomic mass is 14.9. The van der Waals surface area contributed by atoms with Gasteiger partial charge in [-0.15, -0.1) is 0 Å². The molecule has 0 heterocycles. The molecule has 18 heavy (non-hydrogen) atoms. The van der Waals surface area contributed by atoms with Crippen LogP contribution < -0.4 is 5.32 Å². The van der Waals surface area contributed by atoms with E-state index in [4.69, 9.17) is 0 Å². The van der Waals surface area contributed by atoms with Crippen molar-refractivity contribution in [2.45, 2.75) is 58.4 Å². The molecule has 1 fully saturated rings.